The first-order valence-electron chi connectivity index (χ1n) is 8.18. The predicted molar refractivity (Wildman–Crippen MR) is 99.0 cm³/mol. The number of pyridine rings is 2. The molecule has 6 nitrogen and oxygen atoms in total. The number of hydrogen-bond acceptors (Lipinski definition) is 5. The Balaban J connectivity index is 2.18. The molecule has 0 atom stereocenters. The topological polar surface area (TPSA) is 68.5 Å². The number of rotatable bonds is 3. The lowest BCUT2D eigenvalue weighted by molar-refractivity contribution is 0.348. The van der Waals surface area contributed by atoms with Crippen molar-refractivity contribution in [2.45, 2.75) is 6.92 Å². The van der Waals surface area contributed by atoms with Crippen LogP contribution in [-0.4, -0.2) is 35.6 Å². The zero-order valence-electron chi connectivity index (χ0n) is 14.1. The fourth-order valence-corrected chi connectivity index (χ4v) is 3.12. The summed E-state index contributed by atoms with van der Waals surface area (Å²) in [5.74, 6) is 0.390. The summed E-state index contributed by atoms with van der Waals surface area (Å²) in [7, 11) is 1.79. The second-order valence-corrected chi connectivity index (χ2v) is 5.84. The number of anilines is 1. The zero-order chi connectivity index (χ0) is 17.4. The maximum absolute atomic E-state index is 13.4. The van der Waals surface area contributed by atoms with Crippen molar-refractivity contribution in [2.75, 3.05) is 25.5 Å². The SMILES string of the molecule is CNc1c(C2=NCCO2)c(=O)n(-c2ccccc2)c2nc(C)ccc12. The van der Waals surface area contributed by atoms with Crippen LogP contribution in [0.5, 0.6) is 0 Å². The Hall–Kier alpha value is -3.15. The molecule has 3 aromatic rings. The summed E-state index contributed by atoms with van der Waals surface area (Å²) in [6.45, 7) is 2.97. The highest BCUT2D eigenvalue weighted by Gasteiger charge is 2.24. The summed E-state index contributed by atoms with van der Waals surface area (Å²) in [6.07, 6.45) is 0. The van der Waals surface area contributed by atoms with Crippen molar-refractivity contribution >= 4 is 22.6 Å². The first-order chi connectivity index (χ1) is 12.2. The second-order valence-electron chi connectivity index (χ2n) is 5.84. The second kappa shape index (κ2) is 6.05. The van der Waals surface area contributed by atoms with Crippen LogP contribution < -0.4 is 10.9 Å². The lowest BCUT2D eigenvalue weighted by Gasteiger charge is -2.17. The Labute approximate surface area is 144 Å². The largest absolute Gasteiger partial charge is 0.475 e. The first kappa shape index (κ1) is 15.4. The molecule has 0 spiro atoms. The summed E-state index contributed by atoms with van der Waals surface area (Å²) in [5.41, 5.74) is 3.17. The maximum atomic E-state index is 13.4. The highest BCUT2D eigenvalue weighted by molar-refractivity contribution is 6.07. The lowest BCUT2D eigenvalue weighted by Crippen LogP contribution is -2.28. The van der Waals surface area contributed by atoms with Crippen LogP contribution in [0.15, 0.2) is 52.3 Å². The molecule has 0 aliphatic carbocycles. The van der Waals surface area contributed by atoms with E-state index in [0.717, 1.165) is 16.8 Å². The molecule has 4 rings (SSSR count). The molecule has 2 aromatic heterocycles. The fraction of sp³-hybridized carbons (Fsp3) is 0.211. The van der Waals surface area contributed by atoms with Crippen molar-refractivity contribution in [1.29, 1.82) is 0 Å². The third-order valence-electron chi connectivity index (χ3n) is 4.23. The summed E-state index contributed by atoms with van der Waals surface area (Å²) in [6, 6.07) is 13.4. The van der Waals surface area contributed by atoms with Gasteiger partial charge in [-0.25, -0.2) is 9.98 Å². The van der Waals surface area contributed by atoms with Gasteiger partial charge in [-0.2, -0.15) is 0 Å². The molecule has 0 radical (unpaired) electrons. The molecular weight excluding hydrogens is 316 g/mol. The number of para-hydroxylation sites is 1. The zero-order valence-corrected chi connectivity index (χ0v) is 14.1. The molecule has 3 heterocycles. The lowest BCUT2D eigenvalue weighted by atomic mass is 10.1. The van der Waals surface area contributed by atoms with Gasteiger partial charge in [0.1, 0.15) is 17.8 Å². The Kier molecular flexibility index (Phi) is 3.72. The Morgan fingerprint density at radius 2 is 1.96 bits per heavy atom. The van der Waals surface area contributed by atoms with Crippen molar-refractivity contribution in [1.82, 2.24) is 9.55 Å². The van der Waals surface area contributed by atoms with E-state index in [4.69, 9.17) is 4.74 Å². The highest BCUT2D eigenvalue weighted by atomic mass is 16.5. The molecule has 126 valence electrons. The number of aliphatic imine (C=N–C) groups is 1. The normalized spacial score (nSPS) is 13.6. The third kappa shape index (κ3) is 2.46. The number of fused-ring (bicyclic) bond motifs is 1. The number of ether oxygens (including phenoxy) is 1. The van der Waals surface area contributed by atoms with E-state index in [1.165, 1.54) is 0 Å². The number of aryl methyl sites for hydroxylation is 1. The molecule has 1 aliphatic rings. The van der Waals surface area contributed by atoms with Crippen LogP contribution in [0, 0.1) is 6.92 Å². The van der Waals surface area contributed by atoms with E-state index >= 15 is 0 Å². The molecule has 0 unspecified atom stereocenters. The van der Waals surface area contributed by atoms with Crippen molar-refractivity contribution in [3.63, 3.8) is 0 Å². The molecular formula is C19H18N4O2. The molecule has 0 amide bonds. The molecule has 1 aromatic carbocycles. The minimum absolute atomic E-state index is 0.193. The highest BCUT2D eigenvalue weighted by Crippen LogP contribution is 2.27. The molecule has 1 aliphatic heterocycles. The van der Waals surface area contributed by atoms with Crippen LogP contribution in [0.25, 0.3) is 16.7 Å². The van der Waals surface area contributed by atoms with Crippen LogP contribution in [0.3, 0.4) is 0 Å². The van der Waals surface area contributed by atoms with Crippen LogP contribution in [-0.2, 0) is 4.74 Å². The number of hydrogen-bond donors (Lipinski definition) is 1. The van der Waals surface area contributed by atoms with Gasteiger partial charge in [-0.3, -0.25) is 9.36 Å². The minimum Gasteiger partial charge on any atom is -0.475 e. The maximum Gasteiger partial charge on any atom is 0.271 e. The van der Waals surface area contributed by atoms with Gasteiger partial charge in [-0.1, -0.05) is 18.2 Å². The van der Waals surface area contributed by atoms with Gasteiger partial charge >= 0.3 is 0 Å². The van der Waals surface area contributed by atoms with E-state index < -0.39 is 0 Å². The molecule has 1 N–H and O–H groups in total. The standard InChI is InChI=1S/C19H18N4O2/c1-12-8-9-14-16(20-2)15(18-21-10-11-25-18)19(24)23(17(14)22-12)13-6-4-3-5-7-13/h3-9,20H,10-11H2,1-2H3. The van der Waals surface area contributed by atoms with E-state index in [1.807, 2.05) is 49.4 Å². The Bertz CT molecular complexity index is 1040. The minimum atomic E-state index is -0.193. The van der Waals surface area contributed by atoms with Crippen molar-refractivity contribution in [3.05, 3.63) is 64.1 Å². The monoisotopic (exact) mass is 334 g/mol. The average molecular weight is 334 g/mol. The number of benzene rings is 1. The van der Waals surface area contributed by atoms with Crippen LogP contribution in [0.2, 0.25) is 0 Å². The predicted octanol–water partition coefficient (Wildman–Crippen LogP) is 2.51. The number of nitrogens with one attached hydrogen (secondary N) is 1. The Morgan fingerprint density at radius 3 is 2.64 bits per heavy atom. The van der Waals surface area contributed by atoms with Crippen LogP contribution in [0.1, 0.15) is 11.3 Å². The number of nitrogens with zero attached hydrogens (tertiary/aromatic N) is 3. The molecule has 0 bridgehead atoms. The fourth-order valence-electron chi connectivity index (χ4n) is 3.12. The molecule has 25 heavy (non-hydrogen) atoms. The van der Waals surface area contributed by atoms with Gasteiger partial charge in [0.2, 0.25) is 5.90 Å². The van der Waals surface area contributed by atoms with Crippen LogP contribution >= 0.6 is 0 Å². The van der Waals surface area contributed by atoms with Gasteiger partial charge in [-0.15, -0.1) is 0 Å². The third-order valence-corrected chi connectivity index (χ3v) is 4.23. The summed E-state index contributed by atoms with van der Waals surface area (Å²) in [4.78, 5) is 22.4. The molecule has 0 saturated carbocycles. The van der Waals surface area contributed by atoms with Gasteiger partial charge in [0, 0.05) is 18.1 Å². The van der Waals surface area contributed by atoms with Crippen molar-refractivity contribution < 1.29 is 4.74 Å². The van der Waals surface area contributed by atoms with E-state index in [-0.39, 0.29) is 5.56 Å². The molecule has 6 heteroatoms. The van der Waals surface area contributed by atoms with Crippen LogP contribution in [0.4, 0.5) is 5.69 Å². The molecule has 0 saturated heterocycles. The van der Waals surface area contributed by atoms with Gasteiger partial charge in [0.25, 0.3) is 5.56 Å². The Morgan fingerprint density at radius 1 is 1.16 bits per heavy atom. The van der Waals surface area contributed by atoms with E-state index in [2.05, 4.69) is 15.3 Å². The number of aromatic nitrogens is 2. The van der Waals surface area contributed by atoms with Gasteiger partial charge in [0.05, 0.1) is 17.9 Å². The summed E-state index contributed by atoms with van der Waals surface area (Å²) < 4.78 is 7.23. The average Bonchev–Trinajstić information content (AvgIpc) is 3.15. The van der Waals surface area contributed by atoms with Gasteiger partial charge in [0.15, 0.2) is 0 Å². The van der Waals surface area contributed by atoms with Gasteiger partial charge in [-0.05, 0) is 31.2 Å². The summed E-state index contributed by atoms with van der Waals surface area (Å²) >= 11 is 0. The quantitative estimate of drug-likeness (QED) is 0.799. The smallest absolute Gasteiger partial charge is 0.271 e. The van der Waals surface area contributed by atoms with Crippen molar-refractivity contribution in [2.24, 2.45) is 4.99 Å². The first-order valence-corrected chi connectivity index (χ1v) is 8.18. The van der Waals surface area contributed by atoms with E-state index in [1.54, 1.807) is 11.6 Å². The molecule has 0 fully saturated rings. The van der Waals surface area contributed by atoms with E-state index in [0.29, 0.717) is 35.9 Å². The van der Waals surface area contributed by atoms with Gasteiger partial charge < -0.3 is 10.1 Å². The van der Waals surface area contributed by atoms with Crippen molar-refractivity contribution in [3.8, 4) is 5.69 Å². The van der Waals surface area contributed by atoms with E-state index in [9.17, 15) is 4.79 Å². The summed E-state index contributed by atoms with van der Waals surface area (Å²) in [5, 5.41) is 3.99.